The highest BCUT2D eigenvalue weighted by atomic mass is 79.9. The third-order valence-corrected chi connectivity index (χ3v) is 5.10. The molecular weight excluding hydrogens is 471 g/mol. The first-order valence-electron chi connectivity index (χ1n) is 6.32. The molecule has 118 valence electrons. The fourth-order valence-electron chi connectivity index (χ4n) is 2.08. The molecule has 2 aromatic rings. The molecule has 0 aromatic heterocycles. The van der Waals surface area contributed by atoms with Gasteiger partial charge in [0.1, 0.15) is 11.4 Å². The van der Waals surface area contributed by atoms with Crippen LogP contribution in [-0.2, 0) is 4.79 Å². The summed E-state index contributed by atoms with van der Waals surface area (Å²) in [5.41, 5.74) is 2.29. The van der Waals surface area contributed by atoms with Gasteiger partial charge >= 0.3 is 0 Å². The number of rotatable bonds is 1. The number of phenolic OH excluding ortho intramolecular Hbond substituents is 1. The molecule has 0 radical (unpaired) electrons. The van der Waals surface area contributed by atoms with Crippen molar-refractivity contribution in [2.24, 2.45) is 0 Å². The summed E-state index contributed by atoms with van der Waals surface area (Å²) in [5.74, 6) is -0.198. The summed E-state index contributed by atoms with van der Waals surface area (Å²) in [6.07, 6.45) is 1.66. The van der Waals surface area contributed by atoms with E-state index >= 15 is 0 Å². The fraction of sp³-hybridized carbons (Fsp3) is 0. The van der Waals surface area contributed by atoms with Gasteiger partial charge in [-0.15, -0.1) is 0 Å². The van der Waals surface area contributed by atoms with Gasteiger partial charge in [-0.2, -0.15) is 0 Å². The van der Waals surface area contributed by atoms with Crippen molar-refractivity contribution in [3.63, 3.8) is 0 Å². The summed E-state index contributed by atoms with van der Waals surface area (Å²) >= 11 is 18.5. The van der Waals surface area contributed by atoms with E-state index in [9.17, 15) is 9.90 Å². The minimum absolute atomic E-state index is 0.0972. The first kappa shape index (κ1) is 16.6. The van der Waals surface area contributed by atoms with Crippen molar-refractivity contribution in [3.8, 4) is 5.75 Å². The third kappa shape index (κ3) is 3.35. The molecule has 1 aliphatic heterocycles. The maximum atomic E-state index is 12.2. The maximum absolute atomic E-state index is 12.2. The monoisotopic (exact) mass is 476 g/mol. The Balaban J connectivity index is 2.01. The average Bonchev–Trinajstić information content (AvgIpc) is 2.48. The number of phenols is 1. The van der Waals surface area contributed by atoms with E-state index in [1.165, 1.54) is 0 Å². The lowest BCUT2D eigenvalue weighted by Gasteiger charge is -2.22. The van der Waals surface area contributed by atoms with E-state index in [0.717, 1.165) is 5.56 Å². The normalized spacial score (nSPS) is 15.1. The van der Waals surface area contributed by atoms with Crippen LogP contribution in [0.15, 0.2) is 38.9 Å². The Hall–Kier alpha value is -1.21. The first-order chi connectivity index (χ1) is 10.8. The second kappa shape index (κ2) is 6.36. The fourth-order valence-corrected chi connectivity index (χ4v) is 3.63. The van der Waals surface area contributed by atoms with Gasteiger partial charge < -0.3 is 15.7 Å². The quantitative estimate of drug-likeness (QED) is 0.465. The molecule has 0 fully saturated rings. The molecule has 1 heterocycles. The van der Waals surface area contributed by atoms with Crippen molar-refractivity contribution in [1.29, 1.82) is 0 Å². The van der Waals surface area contributed by atoms with Gasteiger partial charge in [-0.25, -0.2) is 0 Å². The van der Waals surface area contributed by atoms with Crippen molar-refractivity contribution in [3.05, 3.63) is 54.5 Å². The van der Waals surface area contributed by atoms with Crippen LogP contribution in [0, 0.1) is 0 Å². The van der Waals surface area contributed by atoms with Crippen LogP contribution in [0.5, 0.6) is 5.75 Å². The Morgan fingerprint density at radius 3 is 2.04 bits per heavy atom. The largest absolute Gasteiger partial charge is 0.506 e. The number of benzene rings is 2. The van der Waals surface area contributed by atoms with Gasteiger partial charge in [0, 0.05) is 0 Å². The van der Waals surface area contributed by atoms with Crippen molar-refractivity contribution >= 4 is 78.4 Å². The minimum Gasteiger partial charge on any atom is -0.506 e. The minimum atomic E-state index is -0.295. The van der Waals surface area contributed by atoms with Crippen LogP contribution < -0.4 is 10.6 Å². The summed E-state index contributed by atoms with van der Waals surface area (Å²) in [7, 11) is 0. The van der Waals surface area contributed by atoms with Crippen LogP contribution >= 0.6 is 55.1 Å². The van der Waals surface area contributed by atoms with Crippen molar-refractivity contribution < 1.29 is 9.90 Å². The Morgan fingerprint density at radius 1 is 0.957 bits per heavy atom. The molecule has 1 amide bonds. The van der Waals surface area contributed by atoms with E-state index in [4.69, 9.17) is 23.2 Å². The second-order valence-corrected chi connectivity index (χ2v) is 7.31. The molecule has 3 N–H and O–H groups in total. The van der Waals surface area contributed by atoms with Gasteiger partial charge in [0.2, 0.25) is 0 Å². The summed E-state index contributed by atoms with van der Waals surface area (Å²) in [6.45, 7) is 0. The number of amides is 1. The number of nitrogens with one attached hydrogen (secondary N) is 2. The van der Waals surface area contributed by atoms with Gasteiger partial charge in [0.05, 0.1) is 30.4 Å². The molecule has 23 heavy (non-hydrogen) atoms. The van der Waals surface area contributed by atoms with E-state index in [0.29, 0.717) is 36.1 Å². The Labute approximate surface area is 158 Å². The molecule has 1 aliphatic rings. The lowest BCUT2D eigenvalue weighted by atomic mass is 10.1. The molecule has 0 spiro atoms. The lowest BCUT2D eigenvalue weighted by Crippen LogP contribution is -2.25. The van der Waals surface area contributed by atoms with Crippen molar-refractivity contribution in [1.82, 2.24) is 0 Å². The SMILES string of the molecule is O=C1Nc2cc(Cl)c(Cl)cc2NC1=Cc1cc(Br)c(O)c(Br)c1. The predicted molar refractivity (Wildman–Crippen MR) is 100 cm³/mol. The molecule has 3 rings (SSSR count). The number of carbonyl (C=O) groups is 1. The Morgan fingerprint density at radius 2 is 1.48 bits per heavy atom. The maximum Gasteiger partial charge on any atom is 0.272 e. The van der Waals surface area contributed by atoms with E-state index in [1.54, 1.807) is 30.3 Å². The van der Waals surface area contributed by atoms with Gasteiger partial charge in [0.25, 0.3) is 5.91 Å². The highest BCUT2D eigenvalue weighted by Gasteiger charge is 2.21. The van der Waals surface area contributed by atoms with Crippen LogP contribution in [0.25, 0.3) is 6.08 Å². The number of fused-ring (bicyclic) bond motifs is 1. The number of aromatic hydroxyl groups is 1. The van der Waals surface area contributed by atoms with Crippen molar-refractivity contribution in [2.45, 2.75) is 0 Å². The highest BCUT2D eigenvalue weighted by molar-refractivity contribution is 9.11. The molecule has 4 nitrogen and oxygen atoms in total. The summed E-state index contributed by atoms with van der Waals surface area (Å²) in [4.78, 5) is 12.2. The molecule has 0 atom stereocenters. The van der Waals surface area contributed by atoms with Crippen LogP contribution in [0.4, 0.5) is 11.4 Å². The van der Waals surface area contributed by atoms with E-state index in [1.807, 2.05) is 0 Å². The number of halogens is 4. The van der Waals surface area contributed by atoms with Gasteiger partial charge in [-0.3, -0.25) is 4.79 Å². The van der Waals surface area contributed by atoms with Crippen LogP contribution in [0.2, 0.25) is 10.0 Å². The van der Waals surface area contributed by atoms with Crippen LogP contribution in [-0.4, -0.2) is 11.0 Å². The smallest absolute Gasteiger partial charge is 0.272 e. The molecule has 0 saturated heterocycles. The third-order valence-electron chi connectivity index (χ3n) is 3.17. The first-order valence-corrected chi connectivity index (χ1v) is 8.66. The van der Waals surface area contributed by atoms with E-state index in [2.05, 4.69) is 42.5 Å². The highest BCUT2D eigenvalue weighted by Crippen LogP contribution is 2.37. The summed E-state index contributed by atoms with van der Waals surface area (Å²) in [6, 6.07) is 6.64. The van der Waals surface area contributed by atoms with Gasteiger partial charge in [-0.1, -0.05) is 23.2 Å². The second-order valence-electron chi connectivity index (χ2n) is 4.78. The van der Waals surface area contributed by atoms with E-state index in [-0.39, 0.29) is 11.7 Å². The summed E-state index contributed by atoms with van der Waals surface area (Å²) < 4.78 is 1.04. The standard InChI is InChI=1S/C15H8Br2Cl2N2O2/c16-7-1-6(2-8(17)14(7)22)3-13-15(23)21-12-5-10(19)9(18)4-11(12)20-13/h1-5,20,22H,(H,21,23). The molecular formula is C15H8Br2Cl2N2O2. The van der Waals surface area contributed by atoms with Crippen LogP contribution in [0.3, 0.4) is 0 Å². The molecule has 0 aliphatic carbocycles. The number of carbonyl (C=O) groups excluding carboxylic acids is 1. The van der Waals surface area contributed by atoms with Crippen LogP contribution in [0.1, 0.15) is 5.56 Å². The molecule has 0 unspecified atom stereocenters. The predicted octanol–water partition coefficient (Wildman–Crippen LogP) is 5.63. The Bertz CT molecular complexity index is 846. The molecule has 2 aromatic carbocycles. The number of hydrogen-bond donors (Lipinski definition) is 3. The Kier molecular flexibility index (Phi) is 4.60. The molecule has 0 bridgehead atoms. The number of hydrogen-bond acceptors (Lipinski definition) is 3. The molecule has 0 saturated carbocycles. The van der Waals surface area contributed by atoms with E-state index < -0.39 is 0 Å². The number of anilines is 2. The topological polar surface area (TPSA) is 61.4 Å². The van der Waals surface area contributed by atoms with Gasteiger partial charge in [-0.05, 0) is 67.8 Å². The zero-order chi connectivity index (χ0) is 16.7. The summed E-state index contributed by atoms with van der Waals surface area (Å²) in [5, 5.41) is 16.3. The molecule has 8 heteroatoms. The zero-order valence-corrected chi connectivity index (χ0v) is 15.9. The van der Waals surface area contributed by atoms with Gasteiger partial charge in [0.15, 0.2) is 0 Å². The zero-order valence-electron chi connectivity index (χ0n) is 11.3. The lowest BCUT2D eigenvalue weighted by molar-refractivity contribution is -0.112. The van der Waals surface area contributed by atoms with Crippen molar-refractivity contribution in [2.75, 3.05) is 10.6 Å². The average molecular weight is 479 g/mol.